The van der Waals surface area contributed by atoms with Gasteiger partial charge in [-0.3, -0.25) is 9.89 Å². The molecule has 0 spiro atoms. The van der Waals surface area contributed by atoms with Gasteiger partial charge in [0.15, 0.2) is 11.6 Å². The lowest BCUT2D eigenvalue weighted by Crippen LogP contribution is -2.05. The molecule has 4 nitrogen and oxygen atoms in total. The Bertz CT molecular complexity index is 874. The van der Waals surface area contributed by atoms with Crippen LogP contribution in [0, 0.1) is 13.8 Å². The highest BCUT2D eigenvalue weighted by atomic mass is 35.5. The summed E-state index contributed by atoms with van der Waals surface area (Å²) in [5.41, 5.74) is 3.73. The van der Waals surface area contributed by atoms with Crippen molar-refractivity contribution >= 4 is 29.1 Å². The average Bonchev–Trinajstić information content (AvgIpc) is 3.04. The summed E-state index contributed by atoms with van der Waals surface area (Å²) in [6.07, 6.45) is 0. The van der Waals surface area contributed by atoms with Crippen molar-refractivity contribution in [1.82, 2.24) is 15.2 Å². The predicted octanol–water partition coefficient (Wildman–Crippen LogP) is 4.72. The van der Waals surface area contributed by atoms with Crippen LogP contribution in [0.3, 0.4) is 0 Å². The minimum absolute atomic E-state index is 0.0824. The molecule has 0 amide bonds. The molecule has 0 fully saturated rings. The van der Waals surface area contributed by atoms with Gasteiger partial charge in [0.05, 0.1) is 5.75 Å². The van der Waals surface area contributed by atoms with Crippen molar-refractivity contribution in [2.75, 3.05) is 5.75 Å². The molecular weight excluding hydrogens is 342 g/mol. The Balaban J connectivity index is 1.68. The second-order valence-electron chi connectivity index (χ2n) is 5.50. The first-order valence-corrected chi connectivity index (χ1v) is 8.81. The van der Waals surface area contributed by atoms with Crippen molar-refractivity contribution in [3.8, 4) is 11.4 Å². The van der Waals surface area contributed by atoms with Crippen LogP contribution in [0.25, 0.3) is 11.4 Å². The monoisotopic (exact) mass is 357 g/mol. The Morgan fingerprint density at radius 1 is 1.17 bits per heavy atom. The molecule has 0 radical (unpaired) electrons. The molecule has 0 saturated heterocycles. The van der Waals surface area contributed by atoms with Gasteiger partial charge in [0.1, 0.15) is 0 Å². The van der Waals surface area contributed by atoms with E-state index in [0.29, 0.717) is 21.8 Å². The number of rotatable bonds is 5. The van der Waals surface area contributed by atoms with Gasteiger partial charge < -0.3 is 0 Å². The normalized spacial score (nSPS) is 10.8. The van der Waals surface area contributed by atoms with E-state index in [1.165, 1.54) is 11.8 Å². The summed E-state index contributed by atoms with van der Waals surface area (Å²) >= 11 is 7.21. The number of benzene rings is 2. The van der Waals surface area contributed by atoms with E-state index in [1.54, 1.807) is 12.1 Å². The number of hydrogen-bond donors (Lipinski definition) is 1. The van der Waals surface area contributed by atoms with E-state index in [1.807, 2.05) is 44.2 Å². The number of Topliss-reactive ketones (excluding diaryl/α,β-unsaturated/α-hetero) is 1. The summed E-state index contributed by atoms with van der Waals surface area (Å²) < 4.78 is 0. The van der Waals surface area contributed by atoms with Gasteiger partial charge in [0.2, 0.25) is 5.16 Å². The summed E-state index contributed by atoms with van der Waals surface area (Å²) in [4.78, 5) is 16.8. The molecule has 0 bridgehead atoms. The third-order valence-corrected chi connectivity index (χ3v) is 4.71. The fourth-order valence-corrected chi connectivity index (χ4v) is 3.10. The third-order valence-electron chi connectivity index (χ3n) is 3.61. The van der Waals surface area contributed by atoms with E-state index in [2.05, 4.69) is 15.2 Å². The van der Waals surface area contributed by atoms with E-state index in [0.717, 1.165) is 22.3 Å². The number of nitrogens with zero attached hydrogens (tertiary/aromatic N) is 2. The highest BCUT2D eigenvalue weighted by molar-refractivity contribution is 7.99. The number of hydrogen-bond acceptors (Lipinski definition) is 4. The van der Waals surface area contributed by atoms with Crippen molar-refractivity contribution in [3.63, 3.8) is 0 Å². The zero-order chi connectivity index (χ0) is 17.1. The zero-order valence-corrected chi connectivity index (χ0v) is 14.9. The van der Waals surface area contributed by atoms with Crippen LogP contribution in [0.2, 0.25) is 5.02 Å². The maximum absolute atomic E-state index is 12.4. The topological polar surface area (TPSA) is 58.6 Å². The van der Waals surface area contributed by atoms with E-state index in [-0.39, 0.29) is 5.78 Å². The summed E-state index contributed by atoms with van der Waals surface area (Å²) in [5, 5.41) is 8.28. The third kappa shape index (κ3) is 3.86. The van der Waals surface area contributed by atoms with Crippen molar-refractivity contribution in [1.29, 1.82) is 0 Å². The Kier molecular flexibility index (Phi) is 5.02. The Morgan fingerprint density at radius 2 is 1.92 bits per heavy atom. The van der Waals surface area contributed by atoms with Crippen LogP contribution in [0.1, 0.15) is 21.5 Å². The number of aryl methyl sites for hydroxylation is 2. The van der Waals surface area contributed by atoms with Crippen molar-refractivity contribution < 1.29 is 4.79 Å². The molecule has 6 heteroatoms. The number of halogens is 1. The van der Waals surface area contributed by atoms with Gasteiger partial charge in [0.25, 0.3) is 0 Å². The van der Waals surface area contributed by atoms with Gasteiger partial charge in [-0.05, 0) is 49.7 Å². The zero-order valence-electron chi connectivity index (χ0n) is 13.3. The largest absolute Gasteiger partial charge is 0.293 e. The summed E-state index contributed by atoms with van der Waals surface area (Å²) in [7, 11) is 0. The number of nitrogens with one attached hydrogen (secondary N) is 1. The molecule has 24 heavy (non-hydrogen) atoms. The average molecular weight is 358 g/mol. The fraction of sp³-hybridized carbons (Fsp3) is 0.167. The van der Waals surface area contributed by atoms with Gasteiger partial charge in [-0.2, -0.15) is 0 Å². The van der Waals surface area contributed by atoms with Gasteiger partial charge in [-0.15, -0.1) is 5.10 Å². The molecule has 3 aromatic rings. The second-order valence-corrected chi connectivity index (χ2v) is 6.88. The summed E-state index contributed by atoms with van der Waals surface area (Å²) in [6.45, 7) is 3.93. The molecule has 122 valence electrons. The predicted molar refractivity (Wildman–Crippen MR) is 97.8 cm³/mol. The number of carbonyl (C=O) groups is 1. The Morgan fingerprint density at radius 3 is 2.67 bits per heavy atom. The van der Waals surface area contributed by atoms with Crippen LogP contribution in [0.5, 0.6) is 0 Å². The van der Waals surface area contributed by atoms with Crippen molar-refractivity contribution in [2.24, 2.45) is 0 Å². The van der Waals surface area contributed by atoms with E-state index in [9.17, 15) is 4.79 Å². The number of carbonyl (C=O) groups excluding carboxylic acids is 1. The molecule has 2 aromatic carbocycles. The summed E-state index contributed by atoms with van der Waals surface area (Å²) in [5.74, 6) is 1.05. The Hall–Kier alpha value is -2.11. The number of aromatic nitrogens is 3. The standard InChI is InChI=1S/C18H16ClN3OS/c1-11-3-4-12(2)15(9-11)16(23)10-24-18-20-17(21-22-18)13-5-7-14(19)8-6-13/h3-9H,10H2,1-2H3,(H,20,21,22). The SMILES string of the molecule is Cc1ccc(C)c(C(=O)CSc2n[nH]c(-c3ccc(Cl)cc3)n2)c1. The van der Waals surface area contributed by atoms with E-state index >= 15 is 0 Å². The molecule has 1 aromatic heterocycles. The van der Waals surface area contributed by atoms with Crippen molar-refractivity contribution in [2.45, 2.75) is 19.0 Å². The highest BCUT2D eigenvalue weighted by Crippen LogP contribution is 2.22. The first kappa shape index (κ1) is 16.7. The molecule has 0 unspecified atom stereocenters. The van der Waals surface area contributed by atoms with Crippen LogP contribution in [-0.2, 0) is 0 Å². The van der Waals surface area contributed by atoms with Crippen LogP contribution in [-0.4, -0.2) is 26.7 Å². The molecule has 3 rings (SSSR count). The maximum Gasteiger partial charge on any atom is 0.209 e. The molecule has 0 aliphatic carbocycles. The molecule has 1 heterocycles. The Labute approximate surface area is 149 Å². The number of ketones is 1. The molecule has 0 saturated carbocycles. The van der Waals surface area contributed by atoms with Crippen molar-refractivity contribution in [3.05, 3.63) is 64.2 Å². The van der Waals surface area contributed by atoms with Gasteiger partial charge in [0, 0.05) is 16.1 Å². The van der Waals surface area contributed by atoms with E-state index < -0.39 is 0 Å². The van der Waals surface area contributed by atoms with Gasteiger partial charge in [-0.25, -0.2) is 4.98 Å². The molecule has 1 N–H and O–H groups in total. The lowest BCUT2D eigenvalue weighted by Gasteiger charge is -2.05. The lowest BCUT2D eigenvalue weighted by atomic mass is 10.0. The summed E-state index contributed by atoms with van der Waals surface area (Å²) in [6, 6.07) is 13.3. The van der Waals surface area contributed by atoms with Crippen LogP contribution < -0.4 is 0 Å². The van der Waals surface area contributed by atoms with Crippen LogP contribution >= 0.6 is 23.4 Å². The maximum atomic E-state index is 12.4. The first-order valence-electron chi connectivity index (χ1n) is 7.44. The lowest BCUT2D eigenvalue weighted by molar-refractivity contribution is 0.102. The number of aromatic amines is 1. The minimum Gasteiger partial charge on any atom is -0.293 e. The first-order chi connectivity index (χ1) is 11.5. The molecule has 0 aliphatic rings. The second kappa shape index (κ2) is 7.20. The van der Waals surface area contributed by atoms with Gasteiger partial charge >= 0.3 is 0 Å². The number of H-pyrrole nitrogens is 1. The smallest absolute Gasteiger partial charge is 0.209 e. The van der Waals surface area contributed by atoms with Crippen LogP contribution in [0.15, 0.2) is 47.6 Å². The molecule has 0 aliphatic heterocycles. The van der Waals surface area contributed by atoms with E-state index in [4.69, 9.17) is 11.6 Å². The van der Waals surface area contributed by atoms with Gasteiger partial charge in [-0.1, -0.05) is 41.1 Å². The molecular formula is C18H16ClN3OS. The molecule has 0 atom stereocenters. The minimum atomic E-state index is 0.0824. The number of thioether (sulfide) groups is 1. The fourth-order valence-electron chi connectivity index (χ4n) is 2.29. The quantitative estimate of drug-likeness (QED) is 0.530. The van der Waals surface area contributed by atoms with Crippen LogP contribution in [0.4, 0.5) is 0 Å². The highest BCUT2D eigenvalue weighted by Gasteiger charge is 2.12.